The van der Waals surface area contributed by atoms with Gasteiger partial charge in [0, 0.05) is 17.8 Å². The summed E-state index contributed by atoms with van der Waals surface area (Å²) in [5.74, 6) is -0.680. The van der Waals surface area contributed by atoms with E-state index in [-0.39, 0.29) is 11.6 Å². The van der Waals surface area contributed by atoms with E-state index in [0.717, 1.165) is 0 Å². The Balaban J connectivity index is 1.57. The molecule has 0 fully saturated rings. The molecule has 0 radical (unpaired) electrons. The van der Waals surface area contributed by atoms with E-state index in [9.17, 15) is 19.3 Å². The van der Waals surface area contributed by atoms with Gasteiger partial charge in [-0.1, -0.05) is 35.2 Å². The molecular weight excluding hydrogens is 405 g/mol. The van der Waals surface area contributed by atoms with Crippen LogP contribution in [0.4, 0.5) is 26.6 Å². The Morgan fingerprint density at radius 2 is 1.93 bits per heavy atom. The molecule has 0 bridgehead atoms. The molecule has 0 saturated carbocycles. The first-order valence-electron chi connectivity index (χ1n) is 7.99. The molecule has 0 aliphatic heterocycles. The number of rotatable bonds is 7. The summed E-state index contributed by atoms with van der Waals surface area (Å²) in [6.07, 6.45) is 0. The quantitative estimate of drug-likeness (QED) is 0.331. The number of carbonyl (C=O) groups is 1. The number of para-hydroxylation sites is 1. The fourth-order valence-corrected chi connectivity index (χ4v) is 4.01. The molecule has 2 aromatic carbocycles. The van der Waals surface area contributed by atoms with Crippen LogP contribution in [0.5, 0.6) is 0 Å². The number of nitrogens with one attached hydrogen (secondary N) is 2. The van der Waals surface area contributed by atoms with Gasteiger partial charge in [0.2, 0.25) is 11.0 Å². The Hall–Kier alpha value is -3.05. The summed E-state index contributed by atoms with van der Waals surface area (Å²) >= 11 is 2.41. The number of aromatic nitrogens is 2. The second kappa shape index (κ2) is 8.76. The van der Waals surface area contributed by atoms with Crippen LogP contribution >= 0.6 is 23.1 Å². The molecule has 2 N–H and O–H groups in total. The van der Waals surface area contributed by atoms with Gasteiger partial charge in [0.25, 0.3) is 5.69 Å². The van der Waals surface area contributed by atoms with E-state index in [2.05, 4.69) is 20.8 Å². The fourth-order valence-electron chi connectivity index (χ4n) is 2.10. The van der Waals surface area contributed by atoms with E-state index < -0.39 is 16.0 Å². The van der Waals surface area contributed by atoms with Crippen molar-refractivity contribution in [2.24, 2.45) is 0 Å². The van der Waals surface area contributed by atoms with Gasteiger partial charge in [-0.2, -0.15) is 0 Å². The van der Waals surface area contributed by atoms with Gasteiger partial charge in [-0.3, -0.25) is 14.9 Å². The highest BCUT2D eigenvalue weighted by molar-refractivity contribution is 8.02. The number of nitro groups is 1. The molecule has 28 heavy (non-hydrogen) atoms. The minimum Gasteiger partial charge on any atom is -0.328 e. The standard InChI is InChI=1S/C17H14FN5O3S2/c1-10(15(24)19-11-6-8-12(9-7-11)23(25)26)27-17-22-21-16(28-17)20-14-5-3-2-4-13(14)18/h2-10H,1H3,(H,19,24)(H,20,21)/t10-/m0/s1. The normalized spacial score (nSPS) is 11.6. The van der Waals surface area contributed by atoms with E-state index in [1.807, 2.05) is 0 Å². The van der Waals surface area contributed by atoms with Crippen molar-refractivity contribution in [2.45, 2.75) is 16.5 Å². The molecule has 11 heteroatoms. The number of hydrogen-bond acceptors (Lipinski definition) is 8. The van der Waals surface area contributed by atoms with Gasteiger partial charge in [-0.05, 0) is 31.2 Å². The number of amides is 1. The molecule has 3 rings (SSSR count). The second-order valence-electron chi connectivity index (χ2n) is 5.53. The van der Waals surface area contributed by atoms with Gasteiger partial charge in [0.1, 0.15) is 5.82 Å². The molecule has 8 nitrogen and oxygen atoms in total. The predicted octanol–water partition coefficient (Wildman–Crippen LogP) is 4.45. The number of non-ortho nitro benzene ring substituents is 1. The topological polar surface area (TPSA) is 110 Å². The van der Waals surface area contributed by atoms with Crippen molar-refractivity contribution in [3.05, 3.63) is 64.5 Å². The molecule has 0 aliphatic carbocycles. The number of nitrogens with zero attached hydrogens (tertiary/aromatic N) is 3. The van der Waals surface area contributed by atoms with Crippen LogP contribution in [-0.2, 0) is 4.79 Å². The summed E-state index contributed by atoms with van der Waals surface area (Å²) < 4.78 is 14.2. The van der Waals surface area contributed by atoms with Gasteiger partial charge in [-0.25, -0.2) is 4.39 Å². The maximum atomic E-state index is 13.7. The van der Waals surface area contributed by atoms with Crippen molar-refractivity contribution in [3.63, 3.8) is 0 Å². The zero-order valence-electron chi connectivity index (χ0n) is 14.5. The molecule has 0 saturated heterocycles. The van der Waals surface area contributed by atoms with Gasteiger partial charge in [0.15, 0.2) is 4.34 Å². The summed E-state index contributed by atoms with van der Waals surface area (Å²) in [6, 6.07) is 11.8. The van der Waals surface area contributed by atoms with Crippen LogP contribution in [0.2, 0.25) is 0 Å². The number of hydrogen-bond donors (Lipinski definition) is 2. The summed E-state index contributed by atoms with van der Waals surface area (Å²) in [5, 5.41) is 24.1. The van der Waals surface area contributed by atoms with Crippen molar-refractivity contribution >= 4 is 51.2 Å². The van der Waals surface area contributed by atoms with E-state index in [1.54, 1.807) is 25.1 Å². The fraction of sp³-hybridized carbons (Fsp3) is 0.118. The molecule has 0 aliphatic rings. The summed E-state index contributed by atoms with van der Waals surface area (Å²) in [4.78, 5) is 22.5. The molecule has 1 atom stereocenters. The molecule has 1 amide bonds. The third kappa shape index (κ3) is 5.02. The lowest BCUT2D eigenvalue weighted by atomic mass is 10.3. The first-order valence-corrected chi connectivity index (χ1v) is 9.69. The van der Waals surface area contributed by atoms with Crippen LogP contribution in [0.15, 0.2) is 52.9 Å². The highest BCUT2D eigenvalue weighted by Gasteiger charge is 2.18. The van der Waals surface area contributed by atoms with Crippen LogP contribution in [0.25, 0.3) is 0 Å². The number of thioether (sulfide) groups is 1. The van der Waals surface area contributed by atoms with E-state index in [0.29, 0.717) is 20.8 Å². The summed E-state index contributed by atoms with van der Waals surface area (Å²) in [6.45, 7) is 1.71. The number of nitro benzene ring substituents is 1. The van der Waals surface area contributed by atoms with Crippen LogP contribution in [0, 0.1) is 15.9 Å². The van der Waals surface area contributed by atoms with Crippen molar-refractivity contribution in [1.29, 1.82) is 0 Å². The average Bonchev–Trinajstić information content (AvgIpc) is 3.11. The number of carbonyl (C=O) groups excluding carboxylic acids is 1. The lowest BCUT2D eigenvalue weighted by Gasteiger charge is -2.10. The Morgan fingerprint density at radius 3 is 2.61 bits per heavy atom. The SMILES string of the molecule is C[C@H](Sc1nnc(Nc2ccccc2F)s1)C(=O)Nc1ccc([N+](=O)[O-])cc1. The van der Waals surface area contributed by atoms with E-state index in [1.165, 1.54) is 53.4 Å². The molecule has 3 aromatic rings. The highest BCUT2D eigenvalue weighted by atomic mass is 32.2. The zero-order chi connectivity index (χ0) is 20.1. The molecule has 1 heterocycles. The third-order valence-electron chi connectivity index (χ3n) is 3.51. The van der Waals surface area contributed by atoms with Crippen LogP contribution < -0.4 is 10.6 Å². The Labute approximate surface area is 167 Å². The van der Waals surface area contributed by atoms with Crippen molar-refractivity contribution in [3.8, 4) is 0 Å². The van der Waals surface area contributed by atoms with Gasteiger partial charge < -0.3 is 10.6 Å². The van der Waals surface area contributed by atoms with E-state index in [4.69, 9.17) is 0 Å². The predicted molar refractivity (Wildman–Crippen MR) is 107 cm³/mol. The number of benzene rings is 2. The molecule has 0 spiro atoms. The molecular formula is C17H14FN5O3S2. The van der Waals surface area contributed by atoms with Gasteiger partial charge in [-0.15, -0.1) is 10.2 Å². The smallest absolute Gasteiger partial charge is 0.269 e. The minimum absolute atomic E-state index is 0.0517. The Bertz CT molecular complexity index is 996. The summed E-state index contributed by atoms with van der Waals surface area (Å²) in [7, 11) is 0. The third-order valence-corrected chi connectivity index (χ3v) is 5.54. The Morgan fingerprint density at radius 1 is 1.21 bits per heavy atom. The summed E-state index contributed by atoms with van der Waals surface area (Å²) in [5.41, 5.74) is 0.700. The van der Waals surface area contributed by atoms with Crippen LogP contribution in [0.1, 0.15) is 6.92 Å². The lowest BCUT2D eigenvalue weighted by Crippen LogP contribution is -2.22. The largest absolute Gasteiger partial charge is 0.328 e. The molecule has 1 aromatic heterocycles. The second-order valence-corrected chi connectivity index (χ2v) is 8.10. The van der Waals surface area contributed by atoms with Crippen molar-refractivity contribution < 1.29 is 14.1 Å². The minimum atomic E-state index is -0.507. The molecule has 144 valence electrons. The maximum Gasteiger partial charge on any atom is 0.269 e. The first kappa shape index (κ1) is 19.7. The van der Waals surface area contributed by atoms with Crippen molar-refractivity contribution in [1.82, 2.24) is 10.2 Å². The van der Waals surface area contributed by atoms with E-state index >= 15 is 0 Å². The van der Waals surface area contributed by atoms with Gasteiger partial charge >= 0.3 is 0 Å². The lowest BCUT2D eigenvalue weighted by molar-refractivity contribution is -0.384. The average molecular weight is 419 g/mol. The van der Waals surface area contributed by atoms with Crippen molar-refractivity contribution in [2.75, 3.05) is 10.6 Å². The highest BCUT2D eigenvalue weighted by Crippen LogP contribution is 2.31. The number of anilines is 3. The maximum absolute atomic E-state index is 13.7. The monoisotopic (exact) mass is 419 g/mol. The first-order chi connectivity index (χ1) is 13.4. The van der Waals surface area contributed by atoms with Crippen LogP contribution in [0.3, 0.4) is 0 Å². The van der Waals surface area contributed by atoms with Gasteiger partial charge in [0.05, 0.1) is 15.9 Å². The Kier molecular flexibility index (Phi) is 6.16. The van der Waals surface area contributed by atoms with Crippen LogP contribution in [-0.4, -0.2) is 26.3 Å². The number of halogens is 1. The zero-order valence-corrected chi connectivity index (χ0v) is 16.1. The molecule has 0 unspecified atom stereocenters.